The zero-order valence-electron chi connectivity index (χ0n) is 11.5. The van der Waals surface area contributed by atoms with Gasteiger partial charge in [-0.15, -0.1) is 0 Å². The molecule has 0 saturated heterocycles. The van der Waals surface area contributed by atoms with Gasteiger partial charge in [-0.05, 0) is 23.9 Å². The Balaban J connectivity index is 2.37. The van der Waals surface area contributed by atoms with Crippen LogP contribution in [0, 0.1) is 5.92 Å². The monoisotopic (exact) mass is 291 g/mol. The third-order valence-electron chi connectivity index (χ3n) is 2.88. The van der Waals surface area contributed by atoms with Crippen LogP contribution in [-0.2, 0) is 20.9 Å². The Kier molecular flexibility index (Phi) is 7.39. The van der Waals surface area contributed by atoms with Gasteiger partial charge in [-0.1, -0.05) is 35.4 Å². The molecule has 112 valence electrons. The number of carbonyl (C=O) groups is 2. The molecule has 1 aromatic carbocycles. The molecule has 7 heteroatoms. The first kappa shape index (κ1) is 16.5. The van der Waals surface area contributed by atoms with E-state index in [1.165, 1.54) is 0 Å². The highest BCUT2D eigenvalue weighted by molar-refractivity contribution is 5.78. The number of hydrogen-bond donors (Lipinski definition) is 1. The van der Waals surface area contributed by atoms with Gasteiger partial charge >= 0.3 is 11.9 Å². The van der Waals surface area contributed by atoms with Crippen molar-refractivity contribution in [2.75, 3.05) is 6.54 Å². The topological polar surface area (TPSA) is 112 Å². The fourth-order valence-electron chi connectivity index (χ4n) is 1.76. The largest absolute Gasteiger partial charge is 0.481 e. The maximum absolute atomic E-state index is 11.7. The molecule has 1 aromatic rings. The predicted molar refractivity (Wildman–Crippen MR) is 75.2 cm³/mol. The Morgan fingerprint density at radius 1 is 1.33 bits per heavy atom. The highest BCUT2D eigenvalue weighted by Crippen LogP contribution is 2.14. The van der Waals surface area contributed by atoms with E-state index in [1.807, 2.05) is 30.3 Å². The molecule has 1 rings (SSSR count). The van der Waals surface area contributed by atoms with Crippen LogP contribution in [0.25, 0.3) is 10.4 Å². The summed E-state index contributed by atoms with van der Waals surface area (Å²) in [5, 5.41) is 12.4. The van der Waals surface area contributed by atoms with Crippen molar-refractivity contribution in [1.82, 2.24) is 0 Å². The summed E-state index contributed by atoms with van der Waals surface area (Å²) in [6, 6.07) is 9.16. The lowest BCUT2D eigenvalue weighted by Crippen LogP contribution is -2.19. The van der Waals surface area contributed by atoms with Crippen LogP contribution < -0.4 is 0 Å². The van der Waals surface area contributed by atoms with Crippen LogP contribution in [0.5, 0.6) is 0 Å². The van der Waals surface area contributed by atoms with Crippen molar-refractivity contribution in [2.24, 2.45) is 11.0 Å². The first-order chi connectivity index (χ1) is 10.1. The number of azide groups is 1. The van der Waals surface area contributed by atoms with E-state index in [0.717, 1.165) is 5.56 Å². The molecule has 0 aliphatic heterocycles. The number of benzene rings is 1. The summed E-state index contributed by atoms with van der Waals surface area (Å²) in [5.74, 6) is -2.41. The van der Waals surface area contributed by atoms with Gasteiger partial charge in [-0.3, -0.25) is 9.59 Å². The summed E-state index contributed by atoms with van der Waals surface area (Å²) in [6.45, 7) is 0.351. The van der Waals surface area contributed by atoms with Crippen molar-refractivity contribution in [1.29, 1.82) is 0 Å². The van der Waals surface area contributed by atoms with Crippen molar-refractivity contribution >= 4 is 11.9 Å². The molecule has 0 saturated carbocycles. The maximum Gasteiger partial charge on any atom is 0.307 e. The average Bonchev–Trinajstić information content (AvgIpc) is 2.49. The summed E-state index contributed by atoms with van der Waals surface area (Å²) in [5.41, 5.74) is 8.98. The summed E-state index contributed by atoms with van der Waals surface area (Å²) in [4.78, 5) is 25.3. The van der Waals surface area contributed by atoms with Crippen molar-refractivity contribution < 1.29 is 19.4 Å². The van der Waals surface area contributed by atoms with E-state index in [9.17, 15) is 9.59 Å². The number of nitrogens with zero attached hydrogens (tertiary/aromatic N) is 3. The fraction of sp³-hybridized carbons (Fsp3) is 0.429. The van der Waals surface area contributed by atoms with Crippen LogP contribution in [0.15, 0.2) is 35.4 Å². The van der Waals surface area contributed by atoms with Gasteiger partial charge in [0.1, 0.15) is 6.61 Å². The van der Waals surface area contributed by atoms with Crippen molar-refractivity contribution in [3.05, 3.63) is 46.3 Å². The van der Waals surface area contributed by atoms with Gasteiger partial charge in [0, 0.05) is 11.5 Å². The molecule has 0 spiro atoms. The molecule has 7 nitrogen and oxygen atoms in total. The zero-order chi connectivity index (χ0) is 15.5. The van der Waals surface area contributed by atoms with Gasteiger partial charge in [0.2, 0.25) is 0 Å². The highest BCUT2D eigenvalue weighted by Gasteiger charge is 2.21. The number of carbonyl (C=O) groups excluding carboxylic acids is 1. The number of esters is 1. The average molecular weight is 291 g/mol. The minimum Gasteiger partial charge on any atom is -0.481 e. The van der Waals surface area contributed by atoms with E-state index in [4.69, 9.17) is 15.4 Å². The Hall–Kier alpha value is -2.53. The number of hydrogen-bond acceptors (Lipinski definition) is 4. The summed E-state index contributed by atoms with van der Waals surface area (Å²) in [7, 11) is 0. The molecule has 0 radical (unpaired) electrons. The van der Waals surface area contributed by atoms with Crippen LogP contribution in [0.1, 0.15) is 24.8 Å². The summed E-state index contributed by atoms with van der Waals surface area (Å²) in [6.07, 6.45) is 0.514. The summed E-state index contributed by atoms with van der Waals surface area (Å²) >= 11 is 0. The van der Waals surface area contributed by atoms with Crippen molar-refractivity contribution in [2.45, 2.75) is 25.9 Å². The lowest BCUT2D eigenvalue weighted by molar-refractivity contribution is -0.152. The number of rotatable bonds is 9. The van der Waals surface area contributed by atoms with Crippen LogP contribution in [0.2, 0.25) is 0 Å². The van der Waals surface area contributed by atoms with Crippen molar-refractivity contribution in [3.63, 3.8) is 0 Å². The maximum atomic E-state index is 11.7. The van der Waals surface area contributed by atoms with Gasteiger partial charge in [0.15, 0.2) is 0 Å². The molecule has 0 unspecified atom stereocenters. The third kappa shape index (κ3) is 6.98. The first-order valence-electron chi connectivity index (χ1n) is 6.56. The van der Waals surface area contributed by atoms with E-state index >= 15 is 0 Å². The molecule has 21 heavy (non-hydrogen) atoms. The predicted octanol–water partition coefficient (Wildman–Crippen LogP) is 2.91. The van der Waals surface area contributed by atoms with E-state index in [1.54, 1.807) is 0 Å². The molecule has 0 amide bonds. The number of carboxylic acid groups (broad SMARTS) is 1. The molecule has 1 atom stereocenters. The lowest BCUT2D eigenvalue weighted by atomic mass is 10.00. The lowest BCUT2D eigenvalue weighted by Gasteiger charge is -2.11. The Morgan fingerprint density at radius 2 is 2.05 bits per heavy atom. The molecule has 0 aromatic heterocycles. The van der Waals surface area contributed by atoms with Gasteiger partial charge in [0.25, 0.3) is 0 Å². The van der Waals surface area contributed by atoms with Gasteiger partial charge in [0.05, 0.1) is 12.3 Å². The summed E-state index contributed by atoms with van der Waals surface area (Å²) < 4.78 is 5.05. The van der Waals surface area contributed by atoms with E-state index in [0.29, 0.717) is 6.42 Å². The molecular formula is C14H17N3O4. The second-order valence-corrected chi connectivity index (χ2v) is 4.48. The molecule has 0 heterocycles. The number of aliphatic carboxylic acids is 1. The minimum absolute atomic E-state index is 0.130. The second kappa shape index (κ2) is 9.39. The first-order valence-corrected chi connectivity index (χ1v) is 6.56. The molecule has 1 N–H and O–H groups in total. The van der Waals surface area contributed by atoms with E-state index in [2.05, 4.69) is 10.0 Å². The van der Waals surface area contributed by atoms with Gasteiger partial charge < -0.3 is 9.84 Å². The molecule has 0 bridgehead atoms. The Labute approximate surface area is 122 Å². The van der Waals surface area contributed by atoms with Crippen LogP contribution in [-0.4, -0.2) is 23.6 Å². The fourth-order valence-corrected chi connectivity index (χ4v) is 1.76. The number of ether oxygens (including phenoxy) is 1. The van der Waals surface area contributed by atoms with Crippen molar-refractivity contribution in [3.8, 4) is 0 Å². The molecular weight excluding hydrogens is 274 g/mol. The molecule has 0 fully saturated rings. The quantitative estimate of drug-likeness (QED) is 0.248. The zero-order valence-corrected chi connectivity index (χ0v) is 11.5. The Bertz CT molecular complexity index is 512. The third-order valence-corrected chi connectivity index (χ3v) is 2.88. The minimum atomic E-state index is -1.05. The second-order valence-electron chi connectivity index (χ2n) is 4.48. The van der Waals surface area contributed by atoms with E-state index in [-0.39, 0.29) is 26.0 Å². The normalized spacial score (nSPS) is 11.2. The SMILES string of the molecule is [N-]=[N+]=NCCC[C@H](CC(=O)OCc1ccccc1)C(=O)O. The molecule has 0 aliphatic carbocycles. The Morgan fingerprint density at radius 3 is 2.67 bits per heavy atom. The van der Waals surface area contributed by atoms with Gasteiger partial charge in [-0.2, -0.15) is 0 Å². The smallest absolute Gasteiger partial charge is 0.307 e. The van der Waals surface area contributed by atoms with E-state index < -0.39 is 17.9 Å². The molecule has 0 aliphatic rings. The van der Waals surface area contributed by atoms with Crippen LogP contribution >= 0.6 is 0 Å². The standard InChI is InChI=1S/C14H17N3O4/c15-17-16-8-4-7-12(14(19)20)9-13(18)21-10-11-5-2-1-3-6-11/h1-3,5-6,12H,4,7-10H2,(H,19,20)/t12-/m1/s1. The van der Waals surface area contributed by atoms with Crippen LogP contribution in [0.4, 0.5) is 0 Å². The highest BCUT2D eigenvalue weighted by atomic mass is 16.5. The van der Waals surface area contributed by atoms with Crippen LogP contribution in [0.3, 0.4) is 0 Å². The number of carboxylic acids is 1. The van der Waals surface area contributed by atoms with Gasteiger partial charge in [-0.25, -0.2) is 0 Å².